The summed E-state index contributed by atoms with van der Waals surface area (Å²) in [6, 6.07) is 12.6. The molecule has 2 aromatic carbocycles. The molecule has 2 N–H and O–H groups in total. The summed E-state index contributed by atoms with van der Waals surface area (Å²) in [6.07, 6.45) is 3.11. The zero-order valence-corrected chi connectivity index (χ0v) is 27.5. The van der Waals surface area contributed by atoms with Gasteiger partial charge in [0.2, 0.25) is 0 Å². The molecule has 11 nitrogen and oxygen atoms in total. The van der Waals surface area contributed by atoms with Gasteiger partial charge in [-0.05, 0) is 75.3 Å². The highest BCUT2D eigenvalue weighted by molar-refractivity contribution is 6.12. The fourth-order valence-electron chi connectivity index (χ4n) is 5.85. The lowest BCUT2D eigenvalue weighted by Gasteiger charge is -2.33. The van der Waals surface area contributed by atoms with E-state index in [0.29, 0.717) is 31.4 Å². The average Bonchev–Trinajstić information content (AvgIpc) is 3.65. The molecule has 6 rings (SSSR count). The van der Waals surface area contributed by atoms with Crippen LogP contribution in [0.25, 0.3) is 33.2 Å². The molecule has 1 saturated heterocycles. The number of likely N-dealkylation sites (tertiary alicyclic amines) is 1. The molecule has 240 valence electrons. The van der Waals surface area contributed by atoms with Gasteiger partial charge in [0.1, 0.15) is 17.6 Å². The van der Waals surface area contributed by atoms with Crippen molar-refractivity contribution in [1.29, 1.82) is 0 Å². The van der Waals surface area contributed by atoms with Gasteiger partial charge < -0.3 is 24.5 Å². The second kappa shape index (κ2) is 11.9. The number of H-pyrrole nitrogens is 1. The van der Waals surface area contributed by atoms with Crippen molar-refractivity contribution in [3.8, 4) is 11.3 Å². The van der Waals surface area contributed by atoms with Gasteiger partial charge in [0.15, 0.2) is 5.82 Å². The second-order valence-corrected chi connectivity index (χ2v) is 14.1. The third-order valence-corrected chi connectivity index (χ3v) is 8.38. The van der Waals surface area contributed by atoms with E-state index in [0.717, 1.165) is 57.2 Å². The number of aryl methyl sites for hydroxylation is 1. The first kappa shape index (κ1) is 31.2. The highest BCUT2D eigenvalue weighted by Crippen LogP contribution is 2.36. The molecule has 5 aromatic rings. The molecular weight excluding hydrogens is 582 g/mol. The molecule has 4 heterocycles. The maximum atomic E-state index is 12.7. The third kappa shape index (κ3) is 6.45. The maximum Gasteiger partial charge on any atom is 0.410 e. The number of piperidine rings is 1. The van der Waals surface area contributed by atoms with E-state index >= 15 is 0 Å². The summed E-state index contributed by atoms with van der Waals surface area (Å²) in [5.74, 6) is 0.395. The van der Waals surface area contributed by atoms with E-state index in [1.54, 1.807) is 6.33 Å². The Morgan fingerprint density at radius 2 is 1.80 bits per heavy atom. The van der Waals surface area contributed by atoms with Gasteiger partial charge in [-0.15, -0.1) is 0 Å². The summed E-state index contributed by atoms with van der Waals surface area (Å²) in [7, 11) is 0. The Labute approximate surface area is 268 Å². The first-order chi connectivity index (χ1) is 21.8. The molecular formula is C35H41N7O4. The van der Waals surface area contributed by atoms with Gasteiger partial charge in [-0.1, -0.05) is 50.2 Å². The summed E-state index contributed by atoms with van der Waals surface area (Å²) in [6.45, 7) is 15.3. The summed E-state index contributed by atoms with van der Waals surface area (Å²) < 4.78 is 10.7. The Hall–Kier alpha value is -4.80. The minimum Gasteiger partial charge on any atom is -0.444 e. The molecule has 0 saturated carbocycles. The molecule has 11 heteroatoms. The molecule has 1 fully saturated rings. The van der Waals surface area contributed by atoms with E-state index in [-0.39, 0.29) is 17.4 Å². The molecule has 2 amide bonds. The predicted molar refractivity (Wildman–Crippen MR) is 176 cm³/mol. The summed E-state index contributed by atoms with van der Waals surface area (Å²) >= 11 is 0. The van der Waals surface area contributed by atoms with Crippen molar-refractivity contribution in [2.75, 3.05) is 13.1 Å². The normalized spacial score (nSPS) is 14.6. The van der Waals surface area contributed by atoms with Crippen LogP contribution in [0.5, 0.6) is 0 Å². The Balaban J connectivity index is 1.18. The quantitative estimate of drug-likeness (QED) is 0.218. The van der Waals surface area contributed by atoms with Crippen LogP contribution in [-0.4, -0.2) is 60.7 Å². The smallest absolute Gasteiger partial charge is 0.410 e. The average molecular weight is 624 g/mol. The first-order valence-corrected chi connectivity index (χ1v) is 15.7. The van der Waals surface area contributed by atoms with Crippen LogP contribution in [0.15, 0.2) is 47.2 Å². The van der Waals surface area contributed by atoms with Crippen molar-refractivity contribution < 1.29 is 18.8 Å². The number of hydrogen-bond donors (Lipinski definition) is 2. The Morgan fingerprint density at radius 1 is 1.04 bits per heavy atom. The predicted octanol–water partition coefficient (Wildman–Crippen LogP) is 6.81. The standard InChI is InChI=1S/C35H41N7O4/c1-20-16-23(8-9-24(20)18-36-30(43)31-40-32(41-46-31)34(2,3)4)28-27-25-11-10-22(17-26(25)39-29(27)38-19-37-28)21-12-14-42(15-13-21)33(44)45-35(5,6)7/h8-11,16-17,19,21H,12-15,18H2,1-7H3,(H,36,43)(H,37,38,39). The van der Waals surface area contributed by atoms with Crippen LogP contribution in [0.2, 0.25) is 0 Å². The first-order valence-electron chi connectivity index (χ1n) is 15.7. The number of aromatic amines is 1. The van der Waals surface area contributed by atoms with Gasteiger partial charge in [-0.25, -0.2) is 14.8 Å². The van der Waals surface area contributed by atoms with Crippen LogP contribution in [0.4, 0.5) is 4.79 Å². The number of benzene rings is 2. The van der Waals surface area contributed by atoms with Gasteiger partial charge in [0.25, 0.3) is 0 Å². The fraction of sp³-hybridized carbons (Fsp3) is 0.429. The van der Waals surface area contributed by atoms with Crippen LogP contribution < -0.4 is 5.32 Å². The van der Waals surface area contributed by atoms with Gasteiger partial charge in [-0.3, -0.25) is 4.79 Å². The highest BCUT2D eigenvalue weighted by atomic mass is 16.6. The van der Waals surface area contributed by atoms with Gasteiger partial charge in [-0.2, -0.15) is 4.98 Å². The van der Waals surface area contributed by atoms with E-state index in [1.807, 2.05) is 65.5 Å². The van der Waals surface area contributed by atoms with Crippen LogP contribution in [-0.2, 0) is 16.7 Å². The van der Waals surface area contributed by atoms with E-state index in [2.05, 4.69) is 49.7 Å². The molecule has 1 aliphatic rings. The minimum absolute atomic E-state index is 0.0451. The number of rotatable bonds is 5. The zero-order valence-electron chi connectivity index (χ0n) is 27.5. The maximum absolute atomic E-state index is 12.7. The number of fused-ring (bicyclic) bond motifs is 3. The van der Waals surface area contributed by atoms with Crippen molar-refractivity contribution in [3.63, 3.8) is 0 Å². The monoisotopic (exact) mass is 623 g/mol. The minimum atomic E-state index is -0.498. The molecule has 0 unspecified atom stereocenters. The molecule has 0 radical (unpaired) electrons. The number of aromatic nitrogens is 5. The lowest BCUT2D eigenvalue weighted by atomic mass is 9.89. The zero-order chi connectivity index (χ0) is 32.8. The SMILES string of the molecule is Cc1cc(-c2ncnc3[nH]c4cc(C5CCN(C(=O)OC(C)(C)C)CC5)ccc4c23)ccc1CNC(=O)c1nc(C(C)(C)C)no1. The van der Waals surface area contributed by atoms with Crippen molar-refractivity contribution in [2.45, 2.75) is 84.8 Å². The number of amides is 2. The number of hydrogen-bond acceptors (Lipinski definition) is 8. The highest BCUT2D eigenvalue weighted by Gasteiger charge is 2.28. The molecule has 0 atom stereocenters. The molecule has 0 bridgehead atoms. The van der Waals surface area contributed by atoms with Gasteiger partial charge in [0, 0.05) is 41.5 Å². The number of nitrogens with zero attached hydrogens (tertiary/aromatic N) is 5. The topological polar surface area (TPSA) is 139 Å². The Morgan fingerprint density at radius 3 is 2.48 bits per heavy atom. The number of carbonyl (C=O) groups is 2. The lowest BCUT2D eigenvalue weighted by Crippen LogP contribution is -2.41. The van der Waals surface area contributed by atoms with Crippen LogP contribution in [0.3, 0.4) is 0 Å². The summed E-state index contributed by atoms with van der Waals surface area (Å²) in [4.78, 5) is 44.0. The summed E-state index contributed by atoms with van der Waals surface area (Å²) in [5.41, 5.74) is 6.02. The fourth-order valence-corrected chi connectivity index (χ4v) is 5.85. The summed E-state index contributed by atoms with van der Waals surface area (Å²) in [5, 5.41) is 8.85. The van der Waals surface area contributed by atoms with E-state index in [9.17, 15) is 9.59 Å². The molecule has 1 aliphatic heterocycles. The third-order valence-electron chi connectivity index (χ3n) is 8.38. The van der Waals surface area contributed by atoms with Crippen LogP contribution in [0.1, 0.15) is 93.5 Å². The van der Waals surface area contributed by atoms with Gasteiger partial charge in [0.05, 0.1) is 11.1 Å². The van der Waals surface area contributed by atoms with Crippen molar-refractivity contribution in [2.24, 2.45) is 0 Å². The number of carbonyl (C=O) groups excluding carboxylic acids is 2. The van der Waals surface area contributed by atoms with E-state index < -0.39 is 11.5 Å². The van der Waals surface area contributed by atoms with E-state index in [1.165, 1.54) is 5.56 Å². The van der Waals surface area contributed by atoms with Gasteiger partial charge >= 0.3 is 17.9 Å². The van der Waals surface area contributed by atoms with Crippen molar-refractivity contribution >= 4 is 33.9 Å². The number of nitrogens with one attached hydrogen (secondary N) is 2. The van der Waals surface area contributed by atoms with Crippen LogP contribution in [0, 0.1) is 6.92 Å². The Bertz CT molecular complexity index is 1920. The van der Waals surface area contributed by atoms with E-state index in [4.69, 9.17) is 14.2 Å². The Kier molecular flexibility index (Phi) is 8.04. The number of ether oxygens (including phenoxy) is 1. The molecule has 0 aliphatic carbocycles. The lowest BCUT2D eigenvalue weighted by molar-refractivity contribution is 0.0204. The van der Waals surface area contributed by atoms with Crippen molar-refractivity contribution in [3.05, 3.63) is 71.1 Å². The molecule has 46 heavy (non-hydrogen) atoms. The molecule has 0 spiro atoms. The second-order valence-electron chi connectivity index (χ2n) is 14.1. The largest absolute Gasteiger partial charge is 0.444 e. The molecule has 3 aromatic heterocycles. The van der Waals surface area contributed by atoms with Crippen molar-refractivity contribution in [1.82, 2.24) is 35.3 Å². The van der Waals surface area contributed by atoms with Crippen LogP contribution >= 0.6 is 0 Å².